The average molecular weight is 286 g/mol. The van der Waals surface area contributed by atoms with Crippen molar-refractivity contribution in [2.75, 3.05) is 0 Å². The van der Waals surface area contributed by atoms with Gasteiger partial charge in [-0.2, -0.15) is 10.2 Å². The van der Waals surface area contributed by atoms with Crippen molar-refractivity contribution in [3.63, 3.8) is 0 Å². The van der Waals surface area contributed by atoms with Crippen molar-refractivity contribution in [2.24, 2.45) is 0 Å². The molecule has 1 aromatic carbocycles. The lowest BCUT2D eigenvalue weighted by atomic mass is 10.1. The maximum atomic E-state index is 12.3. The molecular formula is C13H8ClN5O. The van der Waals surface area contributed by atoms with Gasteiger partial charge in [-0.15, -0.1) is 0 Å². The van der Waals surface area contributed by atoms with Crippen molar-refractivity contribution in [1.82, 2.24) is 19.5 Å². The molecule has 0 bridgehead atoms. The van der Waals surface area contributed by atoms with Gasteiger partial charge in [0.05, 0.1) is 24.5 Å². The number of hydrogen-bond acceptors (Lipinski definition) is 4. The number of nitrogens with one attached hydrogen (secondary N) is 1. The van der Waals surface area contributed by atoms with Crippen LogP contribution >= 0.6 is 11.6 Å². The highest BCUT2D eigenvalue weighted by atomic mass is 35.5. The van der Waals surface area contributed by atoms with Crippen molar-refractivity contribution < 1.29 is 0 Å². The number of H-pyrrole nitrogens is 1. The first-order valence-electron chi connectivity index (χ1n) is 5.78. The molecule has 0 unspecified atom stereocenters. The fourth-order valence-corrected chi connectivity index (χ4v) is 2.19. The van der Waals surface area contributed by atoms with Crippen molar-refractivity contribution in [2.45, 2.75) is 6.54 Å². The number of imidazole rings is 1. The zero-order chi connectivity index (χ0) is 14.1. The predicted octanol–water partition coefficient (Wildman–Crippen LogP) is 1.69. The number of nitrogens with zero attached hydrogens (tertiary/aromatic N) is 4. The Morgan fingerprint density at radius 3 is 3.00 bits per heavy atom. The molecule has 0 saturated carbocycles. The molecule has 0 amide bonds. The third kappa shape index (κ3) is 1.94. The molecule has 0 saturated heterocycles. The molecule has 6 nitrogen and oxygen atoms in total. The molecule has 0 radical (unpaired) electrons. The van der Waals surface area contributed by atoms with E-state index in [1.165, 1.54) is 10.9 Å². The van der Waals surface area contributed by atoms with Crippen LogP contribution in [0.25, 0.3) is 11.2 Å². The number of hydrogen-bond donors (Lipinski definition) is 1. The third-order valence-corrected chi connectivity index (χ3v) is 3.25. The summed E-state index contributed by atoms with van der Waals surface area (Å²) in [5.41, 5.74) is 1.44. The van der Waals surface area contributed by atoms with Gasteiger partial charge in [-0.05, 0) is 23.2 Å². The Morgan fingerprint density at radius 1 is 1.40 bits per heavy atom. The van der Waals surface area contributed by atoms with E-state index in [1.54, 1.807) is 24.3 Å². The molecule has 98 valence electrons. The van der Waals surface area contributed by atoms with Crippen LogP contribution in [0.2, 0.25) is 5.28 Å². The summed E-state index contributed by atoms with van der Waals surface area (Å²) in [6.07, 6.45) is 1.39. The number of nitriles is 1. The number of rotatable bonds is 2. The fraction of sp³-hybridized carbons (Fsp3) is 0.0769. The molecule has 3 aromatic rings. The van der Waals surface area contributed by atoms with Gasteiger partial charge in [-0.3, -0.25) is 9.36 Å². The van der Waals surface area contributed by atoms with Crippen LogP contribution in [0.4, 0.5) is 0 Å². The summed E-state index contributed by atoms with van der Waals surface area (Å²) in [7, 11) is 0. The van der Waals surface area contributed by atoms with Gasteiger partial charge < -0.3 is 4.98 Å². The molecule has 0 aliphatic heterocycles. The van der Waals surface area contributed by atoms with Crippen molar-refractivity contribution >= 4 is 22.8 Å². The molecule has 3 rings (SSSR count). The maximum Gasteiger partial charge on any atom is 0.282 e. The van der Waals surface area contributed by atoms with Crippen LogP contribution < -0.4 is 5.56 Å². The maximum absolute atomic E-state index is 12.3. The van der Waals surface area contributed by atoms with E-state index < -0.39 is 0 Å². The zero-order valence-electron chi connectivity index (χ0n) is 10.2. The van der Waals surface area contributed by atoms with Gasteiger partial charge in [0.2, 0.25) is 5.28 Å². The standard InChI is InChI=1S/C13H8ClN5O/c14-13-18-11-10(16-7-17-11)12(20)19(13)6-9-4-2-1-3-8(9)5-15/h1-4,7H,6H2,(H,16,17). The van der Waals surface area contributed by atoms with E-state index in [2.05, 4.69) is 21.0 Å². The molecule has 0 atom stereocenters. The number of benzene rings is 1. The first kappa shape index (κ1) is 12.4. The second-order valence-corrected chi connectivity index (χ2v) is 4.48. The molecule has 0 spiro atoms. The van der Waals surface area contributed by atoms with Crippen LogP contribution in [-0.4, -0.2) is 19.5 Å². The smallest absolute Gasteiger partial charge is 0.282 e. The largest absolute Gasteiger partial charge is 0.329 e. The Balaban J connectivity index is 2.16. The number of aromatic nitrogens is 4. The molecule has 2 aromatic heterocycles. The molecule has 20 heavy (non-hydrogen) atoms. The van der Waals surface area contributed by atoms with E-state index in [9.17, 15) is 4.79 Å². The first-order valence-corrected chi connectivity index (χ1v) is 6.16. The first-order chi connectivity index (χ1) is 9.70. The van der Waals surface area contributed by atoms with Gasteiger partial charge in [0.25, 0.3) is 5.56 Å². The Hall–Kier alpha value is -2.65. The second kappa shape index (κ2) is 4.79. The summed E-state index contributed by atoms with van der Waals surface area (Å²) in [5, 5.41) is 9.13. The summed E-state index contributed by atoms with van der Waals surface area (Å²) >= 11 is 6.03. The molecule has 1 N–H and O–H groups in total. The normalized spacial score (nSPS) is 10.6. The summed E-state index contributed by atoms with van der Waals surface area (Å²) in [4.78, 5) is 23.0. The highest BCUT2D eigenvalue weighted by Crippen LogP contribution is 2.13. The molecule has 2 heterocycles. The van der Waals surface area contributed by atoms with Gasteiger partial charge in [0, 0.05) is 0 Å². The fourth-order valence-electron chi connectivity index (χ4n) is 1.97. The second-order valence-electron chi connectivity index (χ2n) is 4.14. The summed E-state index contributed by atoms with van der Waals surface area (Å²) < 4.78 is 1.29. The van der Waals surface area contributed by atoms with Gasteiger partial charge in [0.15, 0.2) is 11.2 Å². The topological polar surface area (TPSA) is 87.4 Å². The van der Waals surface area contributed by atoms with Crippen LogP contribution in [0, 0.1) is 11.3 Å². The summed E-state index contributed by atoms with van der Waals surface area (Å²) in [6.45, 7) is 0.178. The molecular weight excluding hydrogens is 278 g/mol. The Bertz CT molecular complexity index is 890. The predicted molar refractivity (Wildman–Crippen MR) is 73.4 cm³/mol. The van der Waals surface area contributed by atoms with E-state index >= 15 is 0 Å². The van der Waals surface area contributed by atoms with Crippen molar-refractivity contribution in [1.29, 1.82) is 5.26 Å². The molecule has 0 fully saturated rings. The molecule has 0 aliphatic rings. The lowest BCUT2D eigenvalue weighted by Gasteiger charge is -2.08. The Kier molecular flexibility index (Phi) is 2.97. The Morgan fingerprint density at radius 2 is 2.20 bits per heavy atom. The number of fused-ring (bicyclic) bond motifs is 1. The van der Waals surface area contributed by atoms with Gasteiger partial charge in [-0.25, -0.2) is 4.98 Å². The monoisotopic (exact) mass is 285 g/mol. The zero-order valence-corrected chi connectivity index (χ0v) is 10.9. The van der Waals surface area contributed by atoms with Crippen LogP contribution in [0.15, 0.2) is 35.4 Å². The van der Waals surface area contributed by atoms with Crippen molar-refractivity contribution in [3.05, 3.63) is 57.4 Å². The highest BCUT2D eigenvalue weighted by molar-refractivity contribution is 6.28. The van der Waals surface area contributed by atoms with Gasteiger partial charge in [0.1, 0.15) is 0 Å². The van der Waals surface area contributed by atoms with E-state index in [0.717, 1.165) is 0 Å². The number of halogens is 1. The minimum Gasteiger partial charge on any atom is -0.329 e. The van der Waals surface area contributed by atoms with Crippen molar-refractivity contribution in [3.8, 4) is 6.07 Å². The summed E-state index contributed by atoms with van der Waals surface area (Å²) in [6, 6.07) is 9.12. The van der Waals surface area contributed by atoms with Crippen LogP contribution in [-0.2, 0) is 6.54 Å². The summed E-state index contributed by atoms with van der Waals surface area (Å²) in [5.74, 6) is 0. The van der Waals surface area contributed by atoms with Gasteiger partial charge in [-0.1, -0.05) is 18.2 Å². The highest BCUT2D eigenvalue weighted by Gasteiger charge is 2.13. The van der Waals surface area contributed by atoms with E-state index in [0.29, 0.717) is 16.8 Å². The lowest BCUT2D eigenvalue weighted by molar-refractivity contribution is 0.746. The number of aromatic amines is 1. The van der Waals surface area contributed by atoms with Crippen LogP contribution in [0.1, 0.15) is 11.1 Å². The van der Waals surface area contributed by atoms with Crippen LogP contribution in [0.5, 0.6) is 0 Å². The van der Waals surface area contributed by atoms with E-state index in [1.807, 2.05) is 0 Å². The SMILES string of the molecule is N#Cc1ccccc1Cn1c(Cl)nc2[nH]cnc2c1=O. The Labute approximate surface area is 118 Å². The van der Waals surface area contributed by atoms with Gasteiger partial charge >= 0.3 is 0 Å². The molecule has 0 aliphatic carbocycles. The average Bonchev–Trinajstić information content (AvgIpc) is 2.92. The van der Waals surface area contributed by atoms with E-state index in [-0.39, 0.29) is 22.9 Å². The lowest BCUT2D eigenvalue weighted by Crippen LogP contribution is -2.23. The van der Waals surface area contributed by atoms with Crippen LogP contribution in [0.3, 0.4) is 0 Å². The third-order valence-electron chi connectivity index (χ3n) is 2.96. The quantitative estimate of drug-likeness (QED) is 0.726. The minimum atomic E-state index is -0.339. The molecule has 7 heteroatoms. The minimum absolute atomic E-state index is 0.0551. The van der Waals surface area contributed by atoms with E-state index in [4.69, 9.17) is 16.9 Å².